The number of fused-ring (bicyclic) bond motifs is 1. The molecule has 1 atom stereocenters. The molecule has 142 valence electrons. The Kier molecular flexibility index (Phi) is 5.18. The van der Waals surface area contributed by atoms with Gasteiger partial charge in [0.15, 0.2) is 0 Å². The second kappa shape index (κ2) is 7.74. The summed E-state index contributed by atoms with van der Waals surface area (Å²) in [5.74, 6) is -0.764. The molecular formula is C21H23F2N3O. The van der Waals surface area contributed by atoms with Crippen molar-refractivity contribution in [2.45, 2.75) is 38.4 Å². The number of rotatable bonds is 4. The van der Waals surface area contributed by atoms with E-state index in [4.69, 9.17) is 0 Å². The van der Waals surface area contributed by atoms with Crippen molar-refractivity contribution in [1.29, 1.82) is 0 Å². The number of benzene rings is 2. The lowest BCUT2D eigenvalue weighted by molar-refractivity contribution is -0.120. The SMILES string of the molecule is O=C(Nc1ccc2c(c1F)CCNC2)C1CCCN1Cc1ccc(F)cc1. The van der Waals surface area contributed by atoms with Gasteiger partial charge >= 0.3 is 0 Å². The normalized spacial score (nSPS) is 19.7. The van der Waals surface area contributed by atoms with Crippen molar-refractivity contribution in [3.8, 4) is 0 Å². The van der Waals surface area contributed by atoms with Gasteiger partial charge in [-0.15, -0.1) is 0 Å². The summed E-state index contributed by atoms with van der Waals surface area (Å²) >= 11 is 0. The quantitative estimate of drug-likeness (QED) is 0.868. The number of hydrogen-bond acceptors (Lipinski definition) is 3. The lowest BCUT2D eigenvalue weighted by Gasteiger charge is -2.24. The molecule has 2 N–H and O–H groups in total. The molecule has 2 heterocycles. The van der Waals surface area contributed by atoms with Crippen molar-refractivity contribution < 1.29 is 13.6 Å². The minimum Gasteiger partial charge on any atom is -0.322 e. The molecule has 2 aromatic rings. The third-order valence-electron chi connectivity index (χ3n) is 5.43. The summed E-state index contributed by atoms with van der Waals surface area (Å²) in [6.07, 6.45) is 2.28. The van der Waals surface area contributed by atoms with Crippen molar-refractivity contribution >= 4 is 11.6 Å². The summed E-state index contributed by atoms with van der Waals surface area (Å²) < 4.78 is 27.9. The predicted octanol–water partition coefficient (Wildman–Crippen LogP) is 3.21. The van der Waals surface area contributed by atoms with Gasteiger partial charge < -0.3 is 10.6 Å². The second-order valence-corrected chi connectivity index (χ2v) is 7.24. The summed E-state index contributed by atoms with van der Waals surface area (Å²) in [4.78, 5) is 14.9. The lowest BCUT2D eigenvalue weighted by atomic mass is 9.99. The monoisotopic (exact) mass is 371 g/mol. The fourth-order valence-electron chi connectivity index (χ4n) is 3.98. The maximum atomic E-state index is 14.8. The van der Waals surface area contributed by atoms with Gasteiger partial charge in [-0.1, -0.05) is 18.2 Å². The molecule has 0 spiro atoms. The molecule has 0 saturated carbocycles. The molecular weight excluding hydrogens is 348 g/mol. The van der Waals surface area contributed by atoms with Crippen LogP contribution in [0.15, 0.2) is 36.4 Å². The molecule has 1 saturated heterocycles. The van der Waals surface area contributed by atoms with Gasteiger partial charge in [-0.3, -0.25) is 9.69 Å². The zero-order valence-electron chi connectivity index (χ0n) is 15.1. The first-order valence-corrected chi connectivity index (χ1v) is 9.42. The minimum atomic E-state index is -0.314. The van der Waals surface area contributed by atoms with Crippen molar-refractivity contribution in [2.24, 2.45) is 0 Å². The zero-order valence-corrected chi connectivity index (χ0v) is 15.1. The fraction of sp³-hybridized carbons (Fsp3) is 0.381. The molecule has 1 fully saturated rings. The molecule has 4 nitrogen and oxygen atoms in total. The molecule has 27 heavy (non-hydrogen) atoms. The molecule has 0 radical (unpaired) electrons. The van der Waals surface area contributed by atoms with E-state index >= 15 is 0 Å². The first-order valence-electron chi connectivity index (χ1n) is 9.42. The predicted molar refractivity (Wildman–Crippen MR) is 100 cm³/mol. The number of nitrogens with zero attached hydrogens (tertiary/aromatic N) is 1. The summed E-state index contributed by atoms with van der Waals surface area (Å²) in [5.41, 5.74) is 2.87. The van der Waals surface area contributed by atoms with Crippen LogP contribution in [0.2, 0.25) is 0 Å². The molecule has 0 bridgehead atoms. The number of carbonyl (C=O) groups is 1. The Morgan fingerprint density at radius 1 is 1.19 bits per heavy atom. The fourth-order valence-corrected chi connectivity index (χ4v) is 3.98. The van der Waals surface area contributed by atoms with Crippen LogP contribution in [0.25, 0.3) is 0 Å². The van der Waals surface area contributed by atoms with E-state index in [1.165, 1.54) is 12.1 Å². The van der Waals surface area contributed by atoms with E-state index in [9.17, 15) is 13.6 Å². The van der Waals surface area contributed by atoms with Crippen LogP contribution in [-0.4, -0.2) is 29.9 Å². The van der Waals surface area contributed by atoms with Crippen LogP contribution in [0.5, 0.6) is 0 Å². The maximum Gasteiger partial charge on any atom is 0.241 e. The molecule has 0 aliphatic carbocycles. The van der Waals surface area contributed by atoms with Gasteiger partial charge in [0.05, 0.1) is 11.7 Å². The van der Waals surface area contributed by atoms with Crippen molar-refractivity contribution in [2.75, 3.05) is 18.4 Å². The third kappa shape index (κ3) is 3.87. The lowest BCUT2D eigenvalue weighted by Crippen LogP contribution is -2.39. The highest BCUT2D eigenvalue weighted by Crippen LogP contribution is 2.26. The van der Waals surface area contributed by atoms with Gasteiger partial charge in [0.1, 0.15) is 11.6 Å². The Hall–Kier alpha value is -2.31. The Morgan fingerprint density at radius 3 is 2.81 bits per heavy atom. The van der Waals surface area contributed by atoms with Gasteiger partial charge in [0, 0.05) is 13.1 Å². The molecule has 4 rings (SSSR count). The van der Waals surface area contributed by atoms with Gasteiger partial charge in [-0.05, 0) is 67.2 Å². The van der Waals surface area contributed by atoms with Gasteiger partial charge in [-0.2, -0.15) is 0 Å². The minimum absolute atomic E-state index is 0.178. The van der Waals surface area contributed by atoms with E-state index in [0.717, 1.165) is 37.1 Å². The number of halogens is 2. The van der Waals surface area contributed by atoms with E-state index in [-0.39, 0.29) is 29.3 Å². The second-order valence-electron chi connectivity index (χ2n) is 7.24. The molecule has 1 unspecified atom stereocenters. The first-order chi connectivity index (χ1) is 13.1. The van der Waals surface area contributed by atoms with E-state index in [1.54, 1.807) is 18.2 Å². The molecule has 2 aliphatic heterocycles. The van der Waals surface area contributed by atoms with E-state index in [2.05, 4.69) is 15.5 Å². The van der Waals surface area contributed by atoms with Crippen LogP contribution in [0.3, 0.4) is 0 Å². The van der Waals surface area contributed by atoms with Crippen molar-refractivity contribution in [3.63, 3.8) is 0 Å². The molecule has 6 heteroatoms. The van der Waals surface area contributed by atoms with Crippen LogP contribution in [0, 0.1) is 11.6 Å². The third-order valence-corrected chi connectivity index (χ3v) is 5.43. The summed E-state index contributed by atoms with van der Waals surface area (Å²) in [6, 6.07) is 9.56. The van der Waals surface area contributed by atoms with E-state index in [1.807, 2.05) is 6.07 Å². The average molecular weight is 371 g/mol. The zero-order chi connectivity index (χ0) is 18.8. The standard InChI is InChI=1S/C21H23F2N3O/c22-16-6-3-14(4-7-16)13-26-11-1-2-19(26)21(27)25-18-8-5-15-12-24-10-9-17(15)20(18)23/h3-8,19,24H,1-2,9-13H2,(H,25,27). The van der Waals surface area contributed by atoms with Gasteiger partial charge in [-0.25, -0.2) is 8.78 Å². The highest BCUT2D eigenvalue weighted by atomic mass is 19.1. The maximum absolute atomic E-state index is 14.8. The van der Waals surface area contributed by atoms with Crippen LogP contribution >= 0.6 is 0 Å². The summed E-state index contributed by atoms with van der Waals surface area (Å²) in [5, 5.41) is 6.01. The Labute approximate surface area is 157 Å². The number of likely N-dealkylation sites (tertiary alicyclic amines) is 1. The highest BCUT2D eigenvalue weighted by molar-refractivity contribution is 5.95. The number of hydrogen-bond donors (Lipinski definition) is 2. The molecule has 2 aliphatic rings. The number of carbonyl (C=O) groups excluding carboxylic acids is 1. The Balaban J connectivity index is 1.46. The smallest absolute Gasteiger partial charge is 0.241 e. The highest BCUT2D eigenvalue weighted by Gasteiger charge is 2.31. The molecule has 1 amide bonds. The number of nitrogens with one attached hydrogen (secondary N) is 2. The van der Waals surface area contributed by atoms with Crippen LogP contribution in [-0.2, 0) is 24.3 Å². The number of anilines is 1. The van der Waals surface area contributed by atoms with E-state index in [0.29, 0.717) is 25.1 Å². The van der Waals surface area contributed by atoms with Crippen LogP contribution in [0.4, 0.5) is 14.5 Å². The van der Waals surface area contributed by atoms with Crippen LogP contribution < -0.4 is 10.6 Å². The molecule has 0 aromatic heterocycles. The number of amides is 1. The molecule has 2 aromatic carbocycles. The van der Waals surface area contributed by atoms with E-state index < -0.39 is 0 Å². The largest absolute Gasteiger partial charge is 0.322 e. The van der Waals surface area contributed by atoms with Gasteiger partial charge in [0.25, 0.3) is 0 Å². The van der Waals surface area contributed by atoms with Crippen LogP contribution in [0.1, 0.15) is 29.5 Å². The topological polar surface area (TPSA) is 44.4 Å². The summed E-state index contributed by atoms with van der Waals surface area (Å²) in [6.45, 7) is 2.79. The first kappa shape index (κ1) is 18.1. The van der Waals surface area contributed by atoms with Crippen molar-refractivity contribution in [3.05, 3.63) is 64.7 Å². The average Bonchev–Trinajstić information content (AvgIpc) is 3.14. The summed E-state index contributed by atoms with van der Waals surface area (Å²) in [7, 11) is 0. The Morgan fingerprint density at radius 2 is 2.00 bits per heavy atom. The van der Waals surface area contributed by atoms with Crippen molar-refractivity contribution in [1.82, 2.24) is 10.2 Å². The Bertz CT molecular complexity index is 838. The van der Waals surface area contributed by atoms with Gasteiger partial charge in [0.2, 0.25) is 5.91 Å².